The minimum absolute atomic E-state index is 0.171. The summed E-state index contributed by atoms with van der Waals surface area (Å²) in [7, 11) is 0. The highest BCUT2D eigenvalue weighted by Crippen LogP contribution is 2.16. The van der Waals surface area contributed by atoms with E-state index in [1.807, 2.05) is 19.9 Å². The van der Waals surface area contributed by atoms with E-state index in [1.165, 1.54) is 0 Å². The van der Waals surface area contributed by atoms with Crippen molar-refractivity contribution in [3.8, 4) is 11.8 Å². The highest BCUT2D eigenvalue weighted by Gasteiger charge is 2.07. The lowest BCUT2D eigenvalue weighted by Gasteiger charge is -2.09. The van der Waals surface area contributed by atoms with Gasteiger partial charge in [-0.2, -0.15) is 10.4 Å². The second kappa shape index (κ2) is 7.95. The van der Waals surface area contributed by atoms with Crippen molar-refractivity contribution in [2.45, 2.75) is 27.2 Å². The predicted octanol–water partition coefficient (Wildman–Crippen LogP) is 2.48. The fraction of sp³-hybridized carbons (Fsp3) is 0.400. The van der Waals surface area contributed by atoms with Crippen LogP contribution in [0, 0.1) is 17.2 Å². The van der Waals surface area contributed by atoms with Crippen LogP contribution in [0.2, 0.25) is 0 Å². The number of ether oxygens (including phenoxy) is 1. The van der Waals surface area contributed by atoms with Crippen molar-refractivity contribution in [1.82, 2.24) is 5.43 Å². The van der Waals surface area contributed by atoms with Crippen LogP contribution >= 0.6 is 0 Å². The molecule has 0 saturated heterocycles. The van der Waals surface area contributed by atoms with Crippen LogP contribution in [0.4, 0.5) is 0 Å². The molecule has 0 saturated carbocycles. The lowest BCUT2D eigenvalue weighted by atomic mass is 10.1. The molecule has 0 unspecified atom stereocenters. The summed E-state index contributed by atoms with van der Waals surface area (Å²) in [4.78, 5) is 11.6. The SMILES string of the molecule is CC[C@@H](C)/C(C)=N\NC(=O)COc1ccccc1C#N. The van der Waals surface area contributed by atoms with Gasteiger partial charge in [0.25, 0.3) is 5.91 Å². The van der Waals surface area contributed by atoms with Crippen LogP contribution in [0.15, 0.2) is 29.4 Å². The summed E-state index contributed by atoms with van der Waals surface area (Å²) in [6, 6.07) is 8.79. The summed E-state index contributed by atoms with van der Waals surface area (Å²) in [5.41, 5.74) is 3.72. The van der Waals surface area contributed by atoms with Crippen LogP contribution in [-0.2, 0) is 4.79 Å². The van der Waals surface area contributed by atoms with E-state index in [4.69, 9.17) is 10.00 Å². The van der Waals surface area contributed by atoms with Gasteiger partial charge >= 0.3 is 0 Å². The van der Waals surface area contributed by atoms with Gasteiger partial charge in [-0.05, 0) is 31.4 Å². The highest BCUT2D eigenvalue weighted by atomic mass is 16.5. The minimum atomic E-state index is -0.347. The maximum Gasteiger partial charge on any atom is 0.277 e. The van der Waals surface area contributed by atoms with E-state index < -0.39 is 0 Å². The summed E-state index contributed by atoms with van der Waals surface area (Å²) in [6.07, 6.45) is 0.969. The first-order valence-electron chi connectivity index (χ1n) is 6.53. The number of carbonyl (C=O) groups is 1. The van der Waals surface area contributed by atoms with E-state index in [1.54, 1.807) is 24.3 Å². The fourth-order valence-electron chi connectivity index (χ4n) is 1.42. The number of nitrogens with one attached hydrogen (secondary N) is 1. The van der Waals surface area contributed by atoms with Crippen molar-refractivity contribution in [3.63, 3.8) is 0 Å². The van der Waals surface area contributed by atoms with Crippen molar-refractivity contribution in [2.24, 2.45) is 11.0 Å². The van der Waals surface area contributed by atoms with Gasteiger partial charge in [0.15, 0.2) is 6.61 Å². The Morgan fingerprint density at radius 2 is 2.20 bits per heavy atom. The average Bonchev–Trinajstić information content (AvgIpc) is 2.49. The van der Waals surface area contributed by atoms with Crippen molar-refractivity contribution >= 4 is 11.6 Å². The van der Waals surface area contributed by atoms with Gasteiger partial charge in [0, 0.05) is 5.71 Å². The first-order valence-corrected chi connectivity index (χ1v) is 6.53. The number of hydrogen-bond donors (Lipinski definition) is 1. The van der Waals surface area contributed by atoms with E-state index in [-0.39, 0.29) is 12.5 Å². The zero-order valence-corrected chi connectivity index (χ0v) is 12.0. The number of hydrogen-bond acceptors (Lipinski definition) is 4. The van der Waals surface area contributed by atoms with Crippen LogP contribution < -0.4 is 10.2 Å². The molecule has 0 heterocycles. The second-order valence-corrected chi connectivity index (χ2v) is 4.49. The molecule has 0 bridgehead atoms. The zero-order valence-electron chi connectivity index (χ0n) is 12.0. The standard InChI is InChI=1S/C15H19N3O2/c1-4-11(2)12(3)17-18-15(19)10-20-14-8-6-5-7-13(14)9-16/h5-8,11H,4,10H2,1-3H3,(H,18,19)/b17-12-/t11-/m1/s1. The van der Waals surface area contributed by atoms with Crippen LogP contribution in [0.3, 0.4) is 0 Å². The van der Waals surface area contributed by atoms with Gasteiger partial charge in [-0.15, -0.1) is 0 Å². The summed E-state index contributed by atoms with van der Waals surface area (Å²) < 4.78 is 5.31. The van der Waals surface area contributed by atoms with E-state index in [0.717, 1.165) is 12.1 Å². The Morgan fingerprint density at radius 1 is 1.50 bits per heavy atom. The molecule has 0 radical (unpaired) electrons. The molecule has 0 aliphatic heterocycles. The first kappa shape index (κ1) is 15.7. The molecule has 0 fully saturated rings. The number of para-hydroxylation sites is 1. The molecule has 1 atom stereocenters. The molecule has 0 spiro atoms. The molecule has 1 amide bonds. The second-order valence-electron chi connectivity index (χ2n) is 4.49. The zero-order chi connectivity index (χ0) is 15.0. The van der Waals surface area contributed by atoms with Gasteiger partial charge in [0.05, 0.1) is 5.56 Å². The number of rotatable bonds is 6. The van der Waals surface area contributed by atoms with Crippen molar-refractivity contribution in [3.05, 3.63) is 29.8 Å². The highest BCUT2D eigenvalue weighted by molar-refractivity contribution is 5.86. The molecule has 0 aliphatic carbocycles. The average molecular weight is 273 g/mol. The van der Waals surface area contributed by atoms with Crippen molar-refractivity contribution < 1.29 is 9.53 Å². The normalized spacial score (nSPS) is 12.4. The maximum absolute atomic E-state index is 11.6. The molecule has 1 N–H and O–H groups in total. The molecule has 20 heavy (non-hydrogen) atoms. The van der Waals surface area contributed by atoms with Gasteiger partial charge in [-0.1, -0.05) is 26.0 Å². The van der Waals surface area contributed by atoms with Gasteiger partial charge in [-0.25, -0.2) is 5.43 Å². The van der Waals surface area contributed by atoms with E-state index in [9.17, 15) is 4.79 Å². The molecule has 106 valence electrons. The molecule has 0 aliphatic rings. The molecule has 1 aromatic carbocycles. The third-order valence-corrected chi connectivity index (χ3v) is 3.05. The number of nitriles is 1. The number of benzene rings is 1. The topological polar surface area (TPSA) is 74.5 Å². The van der Waals surface area contributed by atoms with Crippen molar-refractivity contribution in [2.75, 3.05) is 6.61 Å². The fourth-order valence-corrected chi connectivity index (χ4v) is 1.42. The summed E-state index contributed by atoms with van der Waals surface area (Å²) >= 11 is 0. The molecular formula is C15H19N3O2. The van der Waals surface area contributed by atoms with Gasteiger partial charge in [0.1, 0.15) is 11.8 Å². The van der Waals surface area contributed by atoms with E-state index in [2.05, 4.69) is 17.5 Å². The van der Waals surface area contributed by atoms with Gasteiger partial charge < -0.3 is 4.74 Å². The van der Waals surface area contributed by atoms with Crippen LogP contribution in [0.25, 0.3) is 0 Å². The van der Waals surface area contributed by atoms with Crippen LogP contribution in [0.5, 0.6) is 5.75 Å². The molecule has 1 rings (SSSR count). The quantitative estimate of drug-likeness (QED) is 0.639. The van der Waals surface area contributed by atoms with E-state index >= 15 is 0 Å². The third kappa shape index (κ3) is 4.73. The summed E-state index contributed by atoms with van der Waals surface area (Å²) in [5, 5.41) is 12.9. The largest absolute Gasteiger partial charge is 0.482 e. The Morgan fingerprint density at radius 3 is 2.85 bits per heavy atom. The summed E-state index contributed by atoms with van der Waals surface area (Å²) in [5.74, 6) is 0.378. The third-order valence-electron chi connectivity index (χ3n) is 3.05. The first-order chi connectivity index (χ1) is 9.58. The Bertz CT molecular complexity index is 532. The van der Waals surface area contributed by atoms with Crippen LogP contribution in [-0.4, -0.2) is 18.2 Å². The predicted molar refractivity (Wildman–Crippen MR) is 77.4 cm³/mol. The van der Waals surface area contributed by atoms with Crippen LogP contribution in [0.1, 0.15) is 32.8 Å². The Kier molecular flexibility index (Phi) is 6.24. The number of amides is 1. The molecule has 5 nitrogen and oxygen atoms in total. The number of hydrazone groups is 1. The van der Waals surface area contributed by atoms with Gasteiger partial charge in [-0.3, -0.25) is 4.79 Å². The summed E-state index contributed by atoms with van der Waals surface area (Å²) in [6.45, 7) is 5.81. The monoisotopic (exact) mass is 273 g/mol. The minimum Gasteiger partial charge on any atom is -0.482 e. The van der Waals surface area contributed by atoms with E-state index in [0.29, 0.717) is 17.2 Å². The lowest BCUT2D eigenvalue weighted by molar-refractivity contribution is -0.123. The van der Waals surface area contributed by atoms with Gasteiger partial charge in [0.2, 0.25) is 0 Å². The smallest absolute Gasteiger partial charge is 0.277 e. The Labute approximate surface area is 119 Å². The molecule has 1 aromatic rings. The van der Waals surface area contributed by atoms with Crippen molar-refractivity contribution in [1.29, 1.82) is 5.26 Å². The number of nitrogens with zero attached hydrogens (tertiary/aromatic N) is 2. The molecule has 5 heteroatoms. The lowest BCUT2D eigenvalue weighted by Crippen LogP contribution is -2.26. The molecule has 0 aromatic heterocycles. The maximum atomic E-state index is 11.6. The molecular weight excluding hydrogens is 254 g/mol. The number of carbonyl (C=O) groups excluding carboxylic acids is 1. The Balaban J connectivity index is 2.50. The Hall–Kier alpha value is -2.35.